The number of carboxylic acids is 1. The zero-order valence-corrected chi connectivity index (χ0v) is 10.1. The second-order valence-corrected chi connectivity index (χ2v) is 3.77. The molecule has 0 amide bonds. The number of hydrogen-bond acceptors (Lipinski definition) is 4. The highest BCUT2D eigenvalue weighted by Gasteiger charge is 2.20. The standard InChI is InChI=1S/C11H15N5O2/c1-8-3-6-13-7-9(8)10(11(17)18)14-4-2-5-15-16-12/h3,6-7,10,14H,2,4-5H2,1H3,(H,17,18). The van der Waals surface area contributed by atoms with Crippen molar-refractivity contribution in [3.63, 3.8) is 0 Å². The molecule has 1 heterocycles. The first-order valence-electron chi connectivity index (χ1n) is 5.54. The van der Waals surface area contributed by atoms with Crippen molar-refractivity contribution in [1.82, 2.24) is 10.3 Å². The van der Waals surface area contributed by atoms with Crippen LogP contribution in [0.4, 0.5) is 0 Å². The lowest BCUT2D eigenvalue weighted by Crippen LogP contribution is -2.30. The van der Waals surface area contributed by atoms with E-state index in [-0.39, 0.29) is 0 Å². The Hall–Kier alpha value is -2.11. The second kappa shape index (κ2) is 7.26. The number of carbonyl (C=O) groups is 1. The van der Waals surface area contributed by atoms with E-state index in [4.69, 9.17) is 5.53 Å². The van der Waals surface area contributed by atoms with Crippen LogP contribution in [0.1, 0.15) is 23.6 Å². The number of rotatable bonds is 7. The minimum absolute atomic E-state index is 0.349. The predicted molar refractivity (Wildman–Crippen MR) is 66.0 cm³/mol. The van der Waals surface area contributed by atoms with E-state index in [1.165, 1.54) is 0 Å². The number of azide groups is 1. The van der Waals surface area contributed by atoms with Gasteiger partial charge in [0, 0.05) is 29.4 Å². The molecule has 96 valence electrons. The van der Waals surface area contributed by atoms with Gasteiger partial charge in [0.25, 0.3) is 0 Å². The molecule has 0 aliphatic carbocycles. The molecule has 7 heteroatoms. The lowest BCUT2D eigenvalue weighted by Gasteiger charge is -2.16. The Bertz CT molecular complexity index is 457. The van der Waals surface area contributed by atoms with Crippen LogP contribution in [-0.4, -0.2) is 29.1 Å². The maximum atomic E-state index is 11.2. The van der Waals surface area contributed by atoms with Crippen LogP contribution < -0.4 is 5.32 Å². The van der Waals surface area contributed by atoms with Gasteiger partial charge < -0.3 is 10.4 Å². The van der Waals surface area contributed by atoms with E-state index in [1.807, 2.05) is 6.92 Å². The van der Waals surface area contributed by atoms with Crippen LogP contribution in [0.5, 0.6) is 0 Å². The van der Waals surface area contributed by atoms with Gasteiger partial charge in [0.15, 0.2) is 0 Å². The highest BCUT2D eigenvalue weighted by atomic mass is 16.4. The molecule has 7 nitrogen and oxygen atoms in total. The largest absolute Gasteiger partial charge is 0.480 e. The average molecular weight is 249 g/mol. The lowest BCUT2D eigenvalue weighted by molar-refractivity contribution is -0.139. The summed E-state index contributed by atoms with van der Waals surface area (Å²) < 4.78 is 0. The summed E-state index contributed by atoms with van der Waals surface area (Å²) in [6, 6.07) is 0.984. The van der Waals surface area contributed by atoms with Gasteiger partial charge in [-0.3, -0.25) is 9.78 Å². The third-order valence-electron chi connectivity index (χ3n) is 2.48. The van der Waals surface area contributed by atoms with Gasteiger partial charge in [-0.25, -0.2) is 0 Å². The SMILES string of the molecule is Cc1ccncc1C(NCCCN=[N+]=[N-])C(=O)O. The first-order chi connectivity index (χ1) is 8.66. The Kier molecular flexibility index (Phi) is 5.63. The Morgan fingerprint density at radius 3 is 3.11 bits per heavy atom. The maximum absolute atomic E-state index is 11.2. The molecular formula is C11H15N5O2. The fourth-order valence-electron chi connectivity index (χ4n) is 1.55. The minimum atomic E-state index is -0.949. The molecule has 0 aliphatic rings. The van der Waals surface area contributed by atoms with Gasteiger partial charge in [-0.1, -0.05) is 5.11 Å². The van der Waals surface area contributed by atoms with E-state index in [0.717, 1.165) is 5.56 Å². The number of carboxylic acid groups (broad SMARTS) is 1. The maximum Gasteiger partial charge on any atom is 0.325 e. The van der Waals surface area contributed by atoms with E-state index < -0.39 is 12.0 Å². The van der Waals surface area contributed by atoms with Crippen molar-refractivity contribution in [1.29, 1.82) is 0 Å². The highest BCUT2D eigenvalue weighted by molar-refractivity contribution is 5.75. The minimum Gasteiger partial charge on any atom is -0.480 e. The zero-order valence-electron chi connectivity index (χ0n) is 10.1. The molecule has 1 aromatic heterocycles. The molecule has 0 saturated heterocycles. The van der Waals surface area contributed by atoms with E-state index in [9.17, 15) is 9.90 Å². The van der Waals surface area contributed by atoms with Crippen molar-refractivity contribution >= 4 is 5.97 Å². The molecule has 1 rings (SSSR count). The molecule has 0 bridgehead atoms. The fourth-order valence-corrected chi connectivity index (χ4v) is 1.55. The van der Waals surface area contributed by atoms with Gasteiger partial charge in [-0.15, -0.1) is 0 Å². The summed E-state index contributed by atoms with van der Waals surface area (Å²) in [5.74, 6) is -0.949. The van der Waals surface area contributed by atoms with Gasteiger partial charge in [0.2, 0.25) is 0 Å². The smallest absolute Gasteiger partial charge is 0.325 e. The molecule has 1 unspecified atom stereocenters. The van der Waals surface area contributed by atoms with E-state index >= 15 is 0 Å². The lowest BCUT2D eigenvalue weighted by atomic mass is 10.0. The molecule has 0 aromatic carbocycles. The number of hydrogen-bond donors (Lipinski definition) is 2. The Morgan fingerprint density at radius 1 is 1.72 bits per heavy atom. The highest BCUT2D eigenvalue weighted by Crippen LogP contribution is 2.16. The van der Waals surface area contributed by atoms with Crippen LogP contribution in [0, 0.1) is 6.92 Å². The molecule has 1 aromatic rings. The summed E-state index contributed by atoms with van der Waals surface area (Å²) in [7, 11) is 0. The Labute approximate surface area is 104 Å². The van der Waals surface area contributed by atoms with Crippen molar-refractivity contribution in [2.75, 3.05) is 13.1 Å². The first kappa shape index (κ1) is 14.0. The summed E-state index contributed by atoms with van der Waals surface area (Å²) in [6.07, 6.45) is 3.76. The van der Waals surface area contributed by atoms with Crippen molar-refractivity contribution in [3.05, 3.63) is 40.0 Å². The molecule has 0 saturated carbocycles. The van der Waals surface area contributed by atoms with Crippen molar-refractivity contribution < 1.29 is 9.90 Å². The second-order valence-electron chi connectivity index (χ2n) is 3.77. The Morgan fingerprint density at radius 2 is 2.50 bits per heavy atom. The van der Waals surface area contributed by atoms with Crippen molar-refractivity contribution in [3.8, 4) is 0 Å². The summed E-state index contributed by atoms with van der Waals surface area (Å²) in [5, 5.41) is 15.5. The molecular weight excluding hydrogens is 234 g/mol. The van der Waals surface area contributed by atoms with Crippen LogP contribution in [0.2, 0.25) is 0 Å². The van der Waals surface area contributed by atoms with E-state index in [0.29, 0.717) is 25.1 Å². The van der Waals surface area contributed by atoms with Crippen LogP contribution >= 0.6 is 0 Å². The predicted octanol–water partition coefficient (Wildman–Crippen LogP) is 1.81. The molecule has 18 heavy (non-hydrogen) atoms. The van der Waals surface area contributed by atoms with Gasteiger partial charge in [-0.2, -0.15) is 0 Å². The summed E-state index contributed by atoms with van der Waals surface area (Å²) in [6.45, 7) is 2.65. The fraction of sp³-hybridized carbons (Fsp3) is 0.455. The van der Waals surface area contributed by atoms with Gasteiger partial charge in [0.1, 0.15) is 6.04 Å². The molecule has 1 atom stereocenters. The number of pyridine rings is 1. The first-order valence-corrected chi connectivity index (χ1v) is 5.54. The molecule has 0 spiro atoms. The summed E-state index contributed by atoms with van der Waals surface area (Å²) in [4.78, 5) is 17.8. The monoisotopic (exact) mass is 249 g/mol. The van der Waals surface area contributed by atoms with Crippen LogP contribution in [0.3, 0.4) is 0 Å². The van der Waals surface area contributed by atoms with E-state index in [1.54, 1.807) is 18.5 Å². The van der Waals surface area contributed by atoms with Crippen molar-refractivity contribution in [2.45, 2.75) is 19.4 Å². The average Bonchev–Trinajstić information content (AvgIpc) is 2.35. The van der Waals surface area contributed by atoms with E-state index in [2.05, 4.69) is 20.3 Å². The topological polar surface area (TPSA) is 111 Å². The van der Waals surface area contributed by atoms with Gasteiger partial charge >= 0.3 is 5.97 Å². The van der Waals surface area contributed by atoms with Crippen LogP contribution in [0.15, 0.2) is 23.6 Å². The third-order valence-corrected chi connectivity index (χ3v) is 2.48. The number of nitrogens with one attached hydrogen (secondary N) is 1. The van der Waals surface area contributed by atoms with Crippen LogP contribution in [0.25, 0.3) is 10.4 Å². The molecule has 0 radical (unpaired) electrons. The number of aliphatic carboxylic acids is 1. The molecule has 2 N–H and O–H groups in total. The number of nitrogens with zero attached hydrogens (tertiary/aromatic N) is 4. The zero-order chi connectivity index (χ0) is 13.4. The molecule has 0 aliphatic heterocycles. The molecule has 0 fully saturated rings. The van der Waals surface area contributed by atoms with Crippen LogP contribution in [-0.2, 0) is 4.79 Å². The normalized spacial score (nSPS) is 11.6. The number of aryl methyl sites for hydroxylation is 1. The van der Waals surface area contributed by atoms with Crippen molar-refractivity contribution in [2.24, 2.45) is 5.11 Å². The summed E-state index contributed by atoms with van der Waals surface area (Å²) in [5.41, 5.74) is 9.63. The van der Waals surface area contributed by atoms with Gasteiger partial charge in [-0.05, 0) is 37.1 Å². The summed E-state index contributed by atoms with van der Waals surface area (Å²) >= 11 is 0. The quantitative estimate of drug-likeness (QED) is 0.332. The Balaban J connectivity index is 2.64. The van der Waals surface area contributed by atoms with Gasteiger partial charge in [0.05, 0.1) is 0 Å². The third kappa shape index (κ3) is 4.04. The number of aromatic nitrogens is 1.